The van der Waals surface area contributed by atoms with Gasteiger partial charge in [-0.15, -0.1) is 0 Å². The SMILES string of the molecule is CCOc1ccccc1C=C1C(=O)NC(=O)NC1=O. The van der Waals surface area contributed by atoms with Gasteiger partial charge in [0.1, 0.15) is 11.3 Å². The van der Waals surface area contributed by atoms with Crippen LogP contribution in [0.4, 0.5) is 4.79 Å². The van der Waals surface area contributed by atoms with Crippen LogP contribution in [-0.4, -0.2) is 24.5 Å². The molecule has 0 bridgehead atoms. The monoisotopic (exact) mass is 260 g/mol. The van der Waals surface area contributed by atoms with E-state index in [1.54, 1.807) is 24.3 Å². The summed E-state index contributed by atoms with van der Waals surface area (Å²) in [6, 6.07) is 6.19. The number of urea groups is 1. The number of carbonyl (C=O) groups is 3. The molecule has 1 aromatic carbocycles. The number of ether oxygens (including phenoxy) is 1. The van der Waals surface area contributed by atoms with E-state index in [4.69, 9.17) is 4.74 Å². The third-order valence-electron chi connectivity index (χ3n) is 2.46. The third kappa shape index (κ3) is 2.79. The van der Waals surface area contributed by atoms with E-state index in [1.807, 2.05) is 17.6 Å². The summed E-state index contributed by atoms with van der Waals surface area (Å²) < 4.78 is 5.40. The summed E-state index contributed by atoms with van der Waals surface area (Å²) >= 11 is 0. The van der Waals surface area contributed by atoms with Crippen LogP contribution in [0.2, 0.25) is 0 Å². The zero-order valence-corrected chi connectivity index (χ0v) is 10.2. The van der Waals surface area contributed by atoms with E-state index in [0.29, 0.717) is 17.9 Å². The minimum atomic E-state index is -0.815. The van der Waals surface area contributed by atoms with Crippen molar-refractivity contribution in [3.05, 3.63) is 35.4 Å². The molecule has 0 radical (unpaired) electrons. The fourth-order valence-corrected chi connectivity index (χ4v) is 1.65. The number of amides is 4. The standard InChI is InChI=1S/C13H12N2O4/c1-2-19-10-6-4-3-5-8(10)7-9-11(16)14-13(18)15-12(9)17/h3-7H,2H2,1H3,(H2,14,15,16,17,18). The number of hydrogen-bond acceptors (Lipinski definition) is 4. The van der Waals surface area contributed by atoms with Crippen molar-refractivity contribution in [1.82, 2.24) is 10.6 Å². The van der Waals surface area contributed by atoms with Crippen LogP contribution in [0.25, 0.3) is 6.08 Å². The zero-order valence-electron chi connectivity index (χ0n) is 10.2. The molecule has 1 heterocycles. The summed E-state index contributed by atoms with van der Waals surface area (Å²) in [6.45, 7) is 2.31. The van der Waals surface area contributed by atoms with E-state index in [-0.39, 0.29) is 5.57 Å². The van der Waals surface area contributed by atoms with Crippen molar-refractivity contribution in [3.8, 4) is 5.75 Å². The Balaban J connectivity index is 2.37. The van der Waals surface area contributed by atoms with Crippen LogP contribution >= 0.6 is 0 Å². The van der Waals surface area contributed by atoms with Gasteiger partial charge in [0.05, 0.1) is 6.61 Å². The Labute approximate surface area is 109 Å². The first-order valence-corrected chi connectivity index (χ1v) is 5.72. The lowest BCUT2D eigenvalue weighted by molar-refractivity contribution is -0.123. The molecular formula is C13H12N2O4. The Morgan fingerprint density at radius 1 is 1.11 bits per heavy atom. The molecule has 2 rings (SSSR count). The lowest BCUT2D eigenvalue weighted by atomic mass is 10.1. The number of hydrogen-bond donors (Lipinski definition) is 2. The van der Waals surface area contributed by atoms with Crippen LogP contribution < -0.4 is 15.4 Å². The van der Waals surface area contributed by atoms with Crippen molar-refractivity contribution >= 4 is 23.9 Å². The number of nitrogens with one attached hydrogen (secondary N) is 2. The van der Waals surface area contributed by atoms with Crippen LogP contribution in [0.5, 0.6) is 5.75 Å². The lowest BCUT2D eigenvalue weighted by Crippen LogP contribution is -2.51. The van der Waals surface area contributed by atoms with Crippen LogP contribution in [0.15, 0.2) is 29.8 Å². The molecule has 19 heavy (non-hydrogen) atoms. The highest BCUT2D eigenvalue weighted by Gasteiger charge is 2.27. The van der Waals surface area contributed by atoms with E-state index >= 15 is 0 Å². The molecule has 1 fully saturated rings. The first-order chi connectivity index (χ1) is 9.11. The maximum absolute atomic E-state index is 11.6. The van der Waals surface area contributed by atoms with Crippen molar-refractivity contribution in [2.45, 2.75) is 6.92 Å². The molecule has 6 heteroatoms. The van der Waals surface area contributed by atoms with Gasteiger partial charge >= 0.3 is 6.03 Å². The van der Waals surface area contributed by atoms with E-state index in [0.717, 1.165) is 0 Å². The van der Waals surface area contributed by atoms with Gasteiger partial charge < -0.3 is 4.74 Å². The van der Waals surface area contributed by atoms with Crippen LogP contribution in [0.1, 0.15) is 12.5 Å². The van der Waals surface area contributed by atoms with Crippen molar-refractivity contribution < 1.29 is 19.1 Å². The quantitative estimate of drug-likeness (QED) is 0.623. The minimum absolute atomic E-state index is 0.133. The van der Waals surface area contributed by atoms with E-state index < -0.39 is 17.8 Å². The van der Waals surface area contributed by atoms with Gasteiger partial charge in [0.15, 0.2) is 0 Å². The summed E-state index contributed by atoms with van der Waals surface area (Å²) in [6.07, 6.45) is 1.39. The van der Waals surface area contributed by atoms with Crippen molar-refractivity contribution in [3.63, 3.8) is 0 Å². The Hall–Kier alpha value is -2.63. The van der Waals surface area contributed by atoms with Gasteiger partial charge in [0, 0.05) is 5.56 Å². The normalized spacial score (nSPS) is 14.8. The molecule has 0 atom stereocenters. The second-order valence-electron chi connectivity index (χ2n) is 3.77. The number of imide groups is 2. The topological polar surface area (TPSA) is 84.5 Å². The van der Waals surface area contributed by atoms with Gasteiger partial charge in [-0.05, 0) is 19.1 Å². The molecule has 6 nitrogen and oxygen atoms in total. The predicted octanol–water partition coefficient (Wildman–Crippen LogP) is 0.835. The highest BCUT2D eigenvalue weighted by atomic mass is 16.5. The molecule has 4 amide bonds. The van der Waals surface area contributed by atoms with Gasteiger partial charge in [-0.3, -0.25) is 20.2 Å². The molecule has 1 saturated heterocycles. The van der Waals surface area contributed by atoms with Crippen molar-refractivity contribution in [1.29, 1.82) is 0 Å². The van der Waals surface area contributed by atoms with Crippen molar-refractivity contribution in [2.75, 3.05) is 6.61 Å². The fraction of sp³-hybridized carbons (Fsp3) is 0.154. The van der Waals surface area contributed by atoms with E-state index in [1.165, 1.54) is 6.08 Å². The average Bonchev–Trinajstić information content (AvgIpc) is 2.36. The Morgan fingerprint density at radius 3 is 2.37 bits per heavy atom. The maximum Gasteiger partial charge on any atom is 0.328 e. The van der Waals surface area contributed by atoms with Gasteiger partial charge in [0.2, 0.25) is 0 Å². The largest absolute Gasteiger partial charge is 0.493 e. The van der Waals surface area contributed by atoms with Crippen molar-refractivity contribution in [2.24, 2.45) is 0 Å². The number of rotatable bonds is 3. The highest BCUT2D eigenvalue weighted by molar-refractivity contribution is 6.31. The average molecular weight is 260 g/mol. The smallest absolute Gasteiger partial charge is 0.328 e. The molecular weight excluding hydrogens is 248 g/mol. The molecule has 2 N–H and O–H groups in total. The number of para-hydroxylation sites is 1. The third-order valence-corrected chi connectivity index (χ3v) is 2.46. The van der Waals surface area contributed by atoms with E-state index in [9.17, 15) is 14.4 Å². The first kappa shape index (κ1) is 12.8. The summed E-state index contributed by atoms with van der Waals surface area (Å²) in [5.74, 6) is -0.880. The number of barbiturate groups is 1. The molecule has 0 aliphatic carbocycles. The molecule has 0 saturated carbocycles. The molecule has 0 aromatic heterocycles. The van der Waals surface area contributed by atoms with Gasteiger partial charge in [-0.1, -0.05) is 18.2 Å². The molecule has 1 aromatic rings. The van der Waals surface area contributed by atoms with Gasteiger partial charge in [-0.25, -0.2) is 4.79 Å². The first-order valence-electron chi connectivity index (χ1n) is 5.72. The maximum atomic E-state index is 11.6. The summed E-state index contributed by atoms with van der Waals surface area (Å²) in [4.78, 5) is 34.1. The summed E-state index contributed by atoms with van der Waals surface area (Å²) in [5.41, 5.74) is 0.464. The second-order valence-corrected chi connectivity index (χ2v) is 3.77. The Kier molecular flexibility index (Phi) is 3.61. The Bertz CT molecular complexity index is 556. The van der Waals surface area contributed by atoms with Crippen LogP contribution in [0, 0.1) is 0 Å². The summed E-state index contributed by atoms with van der Waals surface area (Å²) in [5, 5.41) is 4.03. The molecule has 1 aliphatic rings. The van der Waals surface area contributed by atoms with Gasteiger partial charge in [0.25, 0.3) is 11.8 Å². The van der Waals surface area contributed by atoms with E-state index in [2.05, 4.69) is 0 Å². The Morgan fingerprint density at radius 2 is 1.74 bits per heavy atom. The highest BCUT2D eigenvalue weighted by Crippen LogP contribution is 2.21. The summed E-state index contributed by atoms with van der Waals surface area (Å²) in [7, 11) is 0. The number of carbonyl (C=O) groups excluding carboxylic acids is 3. The predicted molar refractivity (Wildman–Crippen MR) is 67.3 cm³/mol. The minimum Gasteiger partial charge on any atom is -0.493 e. The number of benzene rings is 1. The lowest BCUT2D eigenvalue weighted by Gasteiger charge is -2.14. The molecule has 0 unspecified atom stereocenters. The zero-order chi connectivity index (χ0) is 13.8. The van der Waals surface area contributed by atoms with Crippen LogP contribution in [0.3, 0.4) is 0 Å². The van der Waals surface area contributed by atoms with Crippen LogP contribution in [-0.2, 0) is 9.59 Å². The molecule has 0 spiro atoms. The van der Waals surface area contributed by atoms with Gasteiger partial charge in [-0.2, -0.15) is 0 Å². The molecule has 1 aliphatic heterocycles. The molecule has 98 valence electrons. The fourth-order valence-electron chi connectivity index (χ4n) is 1.65. The second kappa shape index (κ2) is 5.34.